The van der Waals surface area contributed by atoms with E-state index in [9.17, 15) is 4.79 Å². The van der Waals surface area contributed by atoms with E-state index in [2.05, 4.69) is 94.4 Å². The van der Waals surface area contributed by atoms with Crippen molar-refractivity contribution >= 4 is 5.78 Å². The van der Waals surface area contributed by atoms with Gasteiger partial charge in [-0.1, -0.05) is 94.4 Å². The fourth-order valence-corrected chi connectivity index (χ4v) is 3.54. The molecule has 0 bridgehead atoms. The summed E-state index contributed by atoms with van der Waals surface area (Å²) in [5.74, 6) is 1.01. The molecule has 0 heterocycles. The topological polar surface area (TPSA) is 17.1 Å². The standard InChI is InChI=1S/C26H28O/c1-17(2)20-9-6-11-22(15-20)24-13-8-14-25(26(24)19(5)27)23-12-7-10-21(16-23)18(3)4/h6-18H,1-5H3. The van der Waals surface area contributed by atoms with Gasteiger partial charge in [0.05, 0.1) is 0 Å². The lowest BCUT2D eigenvalue weighted by Crippen LogP contribution is -2.01. The van der Waals surface area contributed by atoms with E-state index in [0.29, 0.717) is 11.8 Å². The highest BCUT2D eigenvalue weighted by molar-refractivity contribution is 6.07. The highest BCUT2D eigenvalue weighted by Crippen LogP contribution is 2.35. The number of carbonyl (C=O) groups excluding carboxylic acids is 1. The average Bonchev–Trinajstić information content (AvgIpc) is 2.67. The molecule has 0 fully saturated rings. The first-order valence-electron chi connectivity index (χ1n) is 9.73. The van der Waals surface area contributed by atoms with E-state index in [1.54, 1.807) is 6.92 Å². The van der Waals surface area contributed by atoms with Gasteiger partial charge in [-0.25, -0.2) is 0 Å². The van der Waals surface area contributed by atoms with Gasteiger partial charge in [0.2, 0.25) is 0 Å². The SMILES string of the molecule is CC(=O)c1c(-c2cccc(C(C)C)c2)cccc1-c1cccc(C(C)C)c1. The molecule has 0 atom stereocenters. The van der Waals surface area contributed by atoms with Crippen molar-refractivity contribution in [3.8, 4) is 22.3 Å². The Morgan fingerprint density at radius 3 is 1.44 bits per heavy atom. The molecular weight excluding hydrogens is 328 g/mol. The van der Waals surface area contributed by atoms with Crippen LogP contribution in [-0.2, 0) is 0 Å². The van der Waals surface area contributed by atoms with Crippen molar-refractivity contribution in [1.82, 2.24) is 0 Å². The number of hydrogen-bond donors (Lipinski definition) is 0. The number of rotatable bonds is 5. The number of benzene rings is 3. The lowest BCUT2D eigenvalue weighted by Gasteiger charge is -2.16. The summed E-state index contributed by atoms with van der Waals surface area (Å²) in [5.41, 5.74) is 7.61. The van der Waals surface area contributed by atoms with E-state index in [4.69, 9.17) is 0 Å². The van der Waals surface area contributed by atoms with Gasteiger partial charge in [0.25, 0.3) is 0 Å². The highest BCUT2D eigenvalue weighted by Gasteiger charge is 2.16. The molecule has 0 amide bonds. The van der Waals surface area contributed by atoms with Crippen LogP contribution in [-0.4, -0.2) is 5.78 Å². The summed E-state index contributed by atoms with van der Waals surface area (Å²) in [6.45, 7) is 10.4. The second kappa shape index (κ2) is 7.92. The van der Waals surface area contributed by atoms with Crippen molar-refractivity contribution in [2.24, 2.45) is 0 Å². The fraction of sp³-hybridized carbons (Fsp3) is 0.269. The van der Waals surface area contributed by atoms with Crippen molar-refractivity contribution < 1.29 is 4.79 Å². The van der Waals surface area contributed by atoms with Crippen LogP contribution in [0.5, 0.6) is 0 Å². The summed E-state index contributed by atoms with van der Waals surface area (Å²) in [7, 11) is 0. The van der Waals surface area contributed by atoms with Crippen molar-refractivity contribution in [3.63, 3.8) is 0 Å². The number of Topliss-reactive ketones (excluding diaryl/α,β-unsaturated/α-hetero) is 1. The second-order valence-electron chi connectivity index (χ2n) is 7.84. The molecule has 3 rings (SSSR count). The lowest BCUT2D eigenvalue weighted by molar-refractivity contribution is 0.101. The minimum Gasteiger partial charge on any atom is -0.294 e. The van der Waals surface area contributed by atoms with Gasteiger partial charge in [-0.2, -0.15) is 0 Å². The quantitative estimate of drug-likeness (QED) is 0.433. The number of ketones is 1. The molecule has 0 spiro atoms. The third kappa shape index (κ3) is 4.03. The van der Waals surface area contributed by atoms with E-state index >= 15 is 0 Å². The van der Waals surface area contributed by atoms with Crippen LogP contribution in [0.15, 0.2) is 66.7 Å². The molecule has 0 aliphatic carbocycles. The van der Waals surface area contributed by atoms with E-state index in [0.717, 1.165) is 27.8 Å². The Kier molecular flexibility index (Phi) is 5.60. The fourth-order valence-electron chi connectivity index (χ4n) is 3.54. The van der Waals surface area contributed by atoms with Gasteiger partial charge in [0.15, 0.2) is 5.78 Å². The Morgan fingerprint density at radius 2 is 1.07 bits per heavy atom. The molecule has 138 valence electrons. The van der Waals surface area contributed by atoms with Crippen LogP contribution < -0.4 is 0 Å². The minimum absolute atomic E-state index is 0.102. The van der Waals surface area contributed by atoms with Crippen molar-refractivity contribution in [2.75, 3.05) is 0 Å². The molecule has 0 aliphatic heterocycles. The Morgan fingerprint density at radius 1 is 0.667 bits per heavy atom. The zero-order valence-electron chi connectivity index (χ0n) is 16.9. The van der Waals surface area contributed by atoms with Crippen LogP contribution >= 0.6 is 0 Å². The Bertz CT molecular complexity index is 894. The van der Waals surface area contributed by atoms with Gasteiger partial charge >= 0.3 is 0 Å². The van der Waals surface area contributed by atoms with Crippen molar-refractivity contribution in [2.45, 2.75) is 46.5 Å². The van der Waals surface area contributed by atoms with Gasteiger partial charge in [-0.05, 0) is 52.1 Å². The molecule has 3 aromatic carbocycles. The first-order chi connectivity index (χ1) is 12.9. The molecule has 0 radical (unpaired) electrons. The predicted molar refractivity (Wildman–Crippen MR) is 115 cm³/mol. The lowest BCUT2D eigenvalue weighted by atomic mass is 9.87. The Labute approximate surface area is 163 Å². The molecule has 0 saturated heterocycles. The van der Waals surface area contributed by atoms with E-state index in [1.165, 1.54) is 11.1 Å². The van der Waals surface area contributed by atoms with Crippen molar-refractivity contribution in [3.05, 3.63) is 83.4 Å². The van der Waals surface area contributed by atoms with Gasteiger partial charge in [0.1, 0.15) is 0 Å². The van der Waals surface area contributed by atoms with Gasteiger partial charge in [0, 0.05) is 5.56 Å². The smallest absolute Gasteiger partial charge is 0.161 e. The molecule has 0 unspecified atom stereocenters. The summed E-state index contributed by atoms with van der Waals surface area (Å²) >= 11 is 0. The zero-order chi connectivity index (χ0) is 19.6. The molecule has 0 aliphatic rings. The first kappa shape index (κ1) is 19.1. The maximum Gasteiger partial charge on any atom is 0.161 e. The van der Waals surface area contributed by atoms with E-state index in [1.807, 2.05) is 0 Å². The molecular formula is C26H28O. The zero-order valence-corrected chi connectivity index (χ0v) is 16.9. The summed E-state index contributed by atoms with van der Waals surface area (Å²) in [4.78, 5) is 12.7. The number of carbonyl (C=O) groups is 1. The number of hydrogen-bond acceptors (Lipinski definition) is 1. The summed E-state index contributed by atoms with van der Waals surface area (Å²) in [6, 6.07) is 23.3. The van der Waals surface area contributed by atoms with E-state index < -0.39 is 0 Å². The third-order valence-corrected chi connectivity index (χ3v) is 5.15. The van der Waals surface area contributed by atoms with Crippen molar-refractivity contribution in [1.29, 1.82) is 0 Å². The molecule has 0 saturated carbocycles. The predicted octanol–water partition coefficient (Wildman–Crippen LogP) is 7.47. The monoisotopic (exact) mass is 356 g/mol. The normalized spacial score (nSPS) is 11.2. The van der Waals surface area contributed by atoms with Gasteiger partial charge in [-0.15, -0.1) is 0 Å². The van der Waals surface area contributed by atoms with Crippen LogP contribution in [0.1, 0.15) is 67.9 Å². The highest BCUT2D eigenvalue weighted by atomic mass is 16.1. The minimum atomic E-state index is 0.102. The second-order valence-corrected chi connectivity index (χ2v) is 7.84. The maximum absolute atomic E-state index is 12.7. The summed E-state index contributed by atoms with van der Waals surface area (Å²) < 4.78 is 0. The summed E-state index contributed by atoms with van der Waals surface area (Å²) in [6.07, 6.45) is 0. The first-order valence-corrected chi connectivity index (χ1v) is 9.73. The maximum atomic E-state index is 12.7. The molecule has 3 aromatic rings. The molecule has 0 N–H and O–H groups in total. The van der Waals surface area contributed by atoms with Crippen LogP contribution in [0.4, 0.5) is 0 Å². The molecule has 27 heavy (non-hydrogen) atoms. The van der Waals surface area contributed by atoms with Crippen LogP contribution in [0, 0.1) is 0 Å². The Balaban J connectivity index is 2.21. The summed E-state index contributed by atoms with van der Waals surface area (Å²) in [5, 5.41) is 0. The Hall–Kier alpha value is -2.67. The molecule has 0 aromatic heterocycles. The third-order valence-electron chi connectivity index (χ3n) is 5.15. The average molecular weight is 357 g/mol. The van der Waals surface area contributed by atoms with Crippen LogP contribution in [0.3, 0.4) is 0 Å². The molecule has 1 nitrogen and oxygen atoms in total. The van der Waals surface area contributed by atoms with Crippen LogP contribution in [0.2, 0.25) is 0 Å². The largest absolute Gasteiger partial charge is 0.294 e. The van der Waals surface area contributed by atoms with Gasteiger partial charge in [-0.3, -0.25) is 4.79 Å². The van der Waals surface area contributed by atoms with Gasteiger partial charge < -0.3 is 0 Å². The molecule has 1 heteroatoms. The van der Waals surface area contributed by atoms with Crippen LogP contribution in [0.25, 0.3) is 22.3 Å². The van der Waals surface area contributed by atoms with E-state index in [-0.39, 0.29) is 5.78 Å².